The van der Waals surface area contributed by atoms with E-state index < -0.39 is 0 Å². The SMILES string of the molecule is COc1ccc(-c2nc3ncnc(Nc4ccc(Oc5ccccc5)cc4)c3[nH]2)cn1. The monoisotopic (exact) mass is 410 g/mol. The van der Waals surface area contributed by atoms with Gasteiger partial charge < -0.3 is 19.8 Å². The zero-order valence-corrected chi connectivity index (χ0v) is 16.6. The van der Waals surface area contributed by atoms with Crippen LogP contribution in [-0.4, -0.2) is 32.0 Å². The predicted molar refractivity (Wildman–Crippen MR) is 118 cm³/mol. The summed E-state index contributed by atoms with van der Waals surface area (Å²) in [6.45, 7) is 0. The van der Waals surface area contributed by atoms with Crippen molar-refractivity contribution < 1.29 is 9.47 Å². The number of para-hydroxylation sites is 1. The molecular weight excluding hydrogens is 392 g/mol. The number of methoxy groups -OCH3 is 1. The molecule has 0 aliphatic heterocycles. The minimum Gasteiger partial charge on any atom is -0.481 e. The van der Waals surface area contributed by atoms with Crippen LogP contribution in [-0.2, 0) is 0 Å². The van der Waals surface area contributed by atoms with E-state index in [1.807, 2.05) is 60.7 Å². The van der Waals surface area contributed by atoms with Crippen LogP contribution < -0.4 is 14.8 Å². The second kappa shape index (κ2) is 8.11. The van der Waals surface area contributed by atoms with Crippen LogP contribution in [0, 0.1) is 0 Å². The molecule has 152 valence electrons. The van der Waals surface area contributed by atoms with Crippen LogP contribution in [0.25, 0.3) is 22.6 Å². The Kier molecular flexibility index (Phi) is 4.86. The summed E-state index contributed by atoms with van der Waals surface area (Å²) in [6, 6.07) is 21.0. The van der Waals surface area contributed by atoms with Crippen molar-refractivity contribution in [2.24, 2.45) is 0 Å². The number of benzene rings is 2. The van der Waals surface area contributed by atoms with Crippen LogP contribution in [0.1, 0.15) is 0 Å². The minimum absolute atomic E-state index is 0.543. The van der Waals surface area contributed by atoms with Crippen molar-refractivity contribution in [1.29, 1.82) is 0 Å². The van der Waals surface area contributed by atoms with Gasteiger partial charge in [-0.1, -0.05) is 18.2 Å². The number of aromatic amines is 1. The molecule has 0 unspecified atom stereocenters. The van der Waals surface area contributed by atoms with Crippen molar-refractivity contribution in [1.82, 2.24) is 24.9 Å². The number of hydrogen-bond acceptors (Lipinski definition) is 7. The minimum atomic E-state index is 0.543. The quantitative estimate of drug-likeness (QED) is 0.408. The lowest BCUT2D eigenvalue weighted by Gasteiger charge is -2.08. The van der Waals surface area contributed by atoms with Gasteiger partial charge in [-0.25, -0.2) is 19.9 Å². The highest BCUT2D eigenvalue weighted by Gasteiger charge is 2.12. The molecular formula is C23H18N6O2. The van der Waals surface area contributed by atoms with Gasteiger partial charge >= 0.3 is 0 Å². The number of aromatic nitrogens is 5. The Morgan fingerprint density at radius 2 is 1.65 bits per heavy atom. The summed E-state index contributed by atoms with van der Waals surface area (Å²) in [6.07, 6.45) is 3.18. The van der Waals surface area contributed by atoms with Gasteiger partial charge in [-0.2, -0.15) is 0 Å². The second-order valence-corrected chi connectivity index (χ2v) is 6.66. The summed E-state index contributed by atoms with van der Waals surface area (Å²) in [5.41, 5.74) is 2.96. The van der Waals surface area contributed by atoms with Crippen LogP contribution in [0.3, 0.4) is 0 Å². The average molecular weight is 410 g/mol. The summed E-state index contributed by atoms with van der Waals surface area (Å²) >= 11 is 0. The van der Waals surface area contributed by atoms with Crippen molar-refractivity contribution in [2.75, 3.05) is 12.4 Å². The Labute approximate surface area is 178 Å². The normalized spacial score (nSPS) is 10.7. The third-order valence-electron chi connectivity index (χ3n) is 4.60. The van der Waals surface area contributed by atoms with E-state index in [4.69, 9.17) is 9.47 Å². The topological polar surface area (TPSA) is 97.8 Å². The Hall–Kier alpha value is -4.46. The molecule has 2 N–H and O–H groups in total. The van der Waals surface area contributed by atoms with Gasteiger partial charge in [-0.15, -0.1) is 0 Å². The lowest BCUT2D eigenvalue weighted by molar-refractivity contribution is 0.398. The number of H-pyrrole nitrogens is 1. The van der Waals surface area contributed by atoms with Gasteiger partial charge in [-0.05, 0) is 42.5 Å². The first-order valence-electron chi connectivity index (χ1n) is 9.59. The number of anilines is 2. The first kappa shape index (κ1) is 18.6. The van der Waals surface area contributed by atoms with Crippen molar-refractivity contribution in [3.63, 3.8) is 0 Å². The molecule has 0 radical (unpaired) electrons. The summed E-state index contributed by atoms with van der Waals surface area (Å²) in [5, 5.41) is 3.31. The van der Waals surface area contributed by atoms with Crippen LogP contribution in [0.4, 0.5) is 11.5 Å². The highest BCUT2D eigenvalue weighted by atomic mass is 16.5. The molecule has 2 aromatic carbocycles. The van der Waals surface area contributed by atoms with Gasteiger partial charge in [-0.3, -0.25) is 0 Å². The highest BCUT2D eigenvalue weighted by Crippen LogP contribution is 2.27. The van der Waals surface area contributed by atoms with Crippen molar-refractivity contribution in [3.05, 3.63) is 79.3 Å². The molecule has 5 aromatic rings. The standard InChI is InChI=1S/C23H18N6O2/c1-30-19-12-7-15(13-24-19)21-28-20-22(25-14-26-23(20)29-21)27-16-8-10-18(11-9-16)31-17-5-3-2-4-6-17/h2-14H,1H3,(H2,25,26,27,28,29). The number of ether oxygens (including phenoxy) is 2. The molecule has 0 bridgehead atoms. The van der Waals surface area contributed by atoms with E-state index in [0.717, 1.165) is 22.7 Å². The van der Waals surface area contributed by atoms with Gasteiger partial charge in [0.2, 0.25) is 5.88 Å². The summed E-state index contributed by atoms with van der Waals surface area (Å²) < 4.78 is 10.9. The van der Waals surface area contributed by atoms with Crippen LogP contribution in [0.2, 0.25) is 0 Å². The van der Waals surface area contributed by atoms with Crippen LogP contribution >= 0.6 is 0 Å². The maximum absolute atomic E-state index is 5.84. The second-order valence-electron chi connectivity index (χ2n) is 6.66. The fourth-order valence-corrected chi connectivity index (χ4v) is 3.07. The molecule has 0 amide bonds. The molecule has 0 atom stereocenters. The molecule has 3 heterocycles. The Bertz CT molecular complexity index is 1300. The molecule has 0 spiro atoms. The molecule has 5 rings (SSSR count). The van der Waals surface area contributed by atoms with E-state index in [2.05, 4.69) is 30.2 Å². The van der Waals surface area contributed by atoms with E-state index in [-0.39, 0.29) is 0 Å². The van der Waals surface area contributed by atoms with E-state index in [1.165, 1.54) is 6.33 Å². The predicted octanol–water partition coefficient (Wildman–Crippen LogP) is 4.96. The van der Waals surface area contributed by atoms with E-state index >= 15 is 0 Å². The van der Waals surface area contributed by atoms with Crippen molar-refractivity contribution >= 4 is 22.7 Å². The van der Waals surface area contributed by atoms with Gasteiger partial charge in [0, 0.05) is 23.5 Å². The van der Waals surface area contributed by atoms with Gasteiger partial charge in [0.1, 0.15) is 29.2 Å². The summed E-state index contributed by atoms with van der Waals surface area (Å²) in [5.74, 6) is 3.36. The Morgan fingerprint density at radius 3 is 2.39 bits per heavy atom. The summed E-state index contributed by atoms with van der Waals surface area (Å²) in [7, 11) is 1.58. The van der Waals surface area contributed by atoms with Gasteiger partial charge in [0.25, 0.3) is 0 Å². The average Bonchev–Trinajstić information content (AvgIpc) is 3.27. The lowest BCUT2D eigenvalue weighted by Crippen LogP contribution is -1.95. The van der Waals surface area contributed by atoms with Gasteiger partial charge in [0.05, 0.1) is 7.11 Å². The fraction of sp³-hybridized carbons (Fsp3) is 0.0435. The largest absolute Gasteiger partial charge is 0.481 e. The molecule has 8 nitrogen and oxygen atoms in total. The van der Waals surface area contributed by atoms with E-state index in [1.54, 1.807) is 19.4 Å². The highest BCUT2D eigenvalue weighted by molar-refractivity contribution is 5.87. The lowest BCUT2D eigenvalue weighted by atomic mass is 10.3. The number of pyridine rings is 1. The molecule has 0 aliphatic carbocycles. The number of nitrogens with zero attached hydrogens (tertiary/aromatic N) is 4. The van der Waals surface area contributed by atoms with Crippen LogP contribution in [0.5, 0.6) is 17.4 Å². The number of fused-ring (bicyclic) bond motifs is 1. The molecule has 8 heteroatoms. The zero-order chi connectivity index (χ0) is 21.0. The maximum atomic E-state index is 5.84. The first-order valence-corrected chi connectivity index (χ1v) is 9.59. The van der Waals surface area contributed by atoms with E-state index in [9.17, 15) is 0 Å². The van der Waals surface area contributed by atoms with Crippen LogP contribution in [0.15, 0.2) is 79.3 Å². The molecule has 0 fully saturated rings. The number of imidazole rings is 1. The number of rotatable bonds is 6. The van der Waals surface area contributed by atoms with E-state index in [0.29, 0.717) is 28.7 Å². The van der Waals surface area contributed by atoms with Crippen molar-refractivity contribution in [3.8, 4) is 28.8 Å². The molecule has 0 saturated carbocycles. The van der Waals surface area contributed by atoms with Gasteiger partial charge in [0.15, 0.2) is 11.5 Å². The summed E-state index contributed by atoms with van der Waals surface area (Å²) in [4.78, 5) is 20.7. The Balaban J connectivity index is 1.38. The molecule has 3 aromatic heterocycles. The zero-order valence-electron chi connectivity index (χ0n) is 16.6. The fourth-order valence-electron chi connectivity index (χ4n) is 3.07. The number of nitrogens with one attached hydrogen (secondary N) is 2. The molecule has 0 aliphatic rings. The maximum Gasteiger partial charge on any atom is 0.212 e. The molecule has 0 saturated heterocycles. The molecule has 31 heavy (non-hydrogen) atoms. The Morgan fingerprint density at radius 1 is 0.839 bits per heavy atom. The first-order chi connectivity index (χ1) is 15.3. The third kappa shape index (κ3) is 3.99. The number of hydrogen-bond donors (Lipinski definition) is 2. The third-order valence-corrected chi connectivity index (χ3v) is 4.60. The van der Waals surface area contributed by atoms with Crippen molar-refractivity contribution in [2.45, 2.75) is 0 Å². The smallest absolute Gasteiger partial charge is 0.212 e.